The lowest BCUT2D eigenvalue weighted by Crippen LogP contribution is -2.36. The second-order valence-corrected chi connectivity index (χ2v) is 7.83. The molecule has 1 aliphatic rings. The molecule has 4 rings (SSSR count). The van der Waals surface area contributed by atoms with Gasteiger partial charge >= 0.3 is 0 Å². The lowest BCUT2D eigenvalue weighted by Gasteiger charge is -2.36. The predicted octanol–water partition coefficient (Wildman–Crippen LogP) is 3.77. The molecule has 0 spiro atoms. The van der Waals surface area contributed by atoms with E-state index in [4.69, 9.17) is 0 Å². The summed E-state index contributed by atoms with van der Waals surface area (Å²) in [4.78, 5) is 8.13. The Bertz CT molecular complexity index is 898. The molecule has 5 nitrogen and oxygen atoms in total. The molecule has 1 aliphatic heterocycles. The van der Waals surface area contributed by atoms with Crippen molar-refractivity contribution in [2.75, 3.05) is 13.1 Å². The second kappa shape index (κ2) is 6.38. The van der Waals surface area contributed by atoms with Crippen LogP contribution in [0.25, 0.3) is 4.96 Å². The molecule has 0 radical (unpaired) electrons. The van der Waals surface area contributed by atoms with E-state index in [1.165, 1.54) is 21.9 Å². The Morgan fingerprint density at radius 2 is 2.08 bits per heavy atom. The number of rotatable bonds is 3. The van der Waals surface area contributed by atoms with E-state index in [2.05, 4.69) is 21.9 Å². The smallest absolute Gasteiger partial charge is 0.230 e. The van der Waals surface area contributed by atoms with Crippen molar-refractivity contribution < 1.29 is 9.50 Å². The molecule has 1 atom stereocenters. The Hall–Kier alpha value is -1.99. The van der Waals surface area contributed by atoms with E-state index in [1.54, 1.807) is 19.1 Å². The van der Waals surface area contributed by atoms with Crippen LogP contribution in [-0.4, -0.2) is 37.7 Å². The van der Waals surface area contributed by atoms with Crippen LogP contribution in [0.3, 0.4) is 0 Å². The van der Waals surface area contributed by atoms with Crippen LogP contribution in [0.4, 0.5) is 4.39 Å². The zero-order valence-corrected chi connectivity index (χ0v) is 15.1. The molecule has 0 saturated carbocycles. The third-order valence-electron chi connectivity index (χ3n) is 4.90. The van der Waals surface area contributed by atoms with Gasteiger partial charge in [0.15, 0.2) is 0 Å². The summed E-state index contributed by atoms with van der Waals surface area (Å²) in [5.41, 5.74) is 0.853. The van der Waals surface area contributed by atoms with Crippen molar-refractivity contribution in [2.45, 2.75) is 32.7 Å². The van der Waals surface area contributed by atoms with Gasteiger partial charge in [0, 0.05) is 0 Å². The molecular weight excluding hydrogens is 339 g/mol. The first-order chi connectivity index (χ1) is 12.0. The van der Waals surface area contributed by atoms with Crippen LogP contribution in [0.15, 0.2) is 24.3 Å². The summed E-state index contributed by atoms with van der Waals surface area (Å²) >= 11 is 1.42. The molecule has 1 fully saturated rings. The number of thiazole rings is 1. The number of aromatic hydroxyl groups is 1. The number of hydrogen-bond acceptors (Lipinski definition) is 5. The first-order valence-electron chi connectivity index (χ1n) is 8.57. The zero-order valence-electron chi connectivity index (χ0n) is 14.3. The number of benzene rings is 1. The fourth-order valence-electron chi connectivity index (χ4n) is 3.52. The average molecular weight is 360 g/mol. The number of piperidine rings is 1. The number of likely N-dealkylation sites (tertiary alicyclic amines) is 1. The molecule has 2 aromatic heterocycles. The number of aryl methyl sites for hydroxylation is 1. The van der Waals surface area contributed by atoms with Gasteiger partial charge in [-0.3, -0.25) is 4.90 Å². The standard InChI is InChI=1S/C18H21FN4OS/c1-11-6-8-22(9-7-11)15(13-4-3-5-14(19)10-13)16-17(24)23-18(25-16)20-12(2)21-23/h3-5,10-11,15,24H,6-9H2,1-2H3/t15-/m0/s1. The first-order valence-corrected chi connectivity index (χ1v) is 9.39. The molecule has 1 aromatic carbocycles. The summed E-state index contributed by atoms with van der Waals surface area (Å²) in [6, 6.07) is 6.47. The fraction of sp³-hybridized carbons (Fsp3) is 0.444. The number of halogens is 1. The Labute approximate surface area is 149 Å². The molecule has 0 amide bonds. The van der Waals surface area contributed by atoms with Crippen molar-refractivity contribution in [1.82, 2.24) is 19.5 Å². The minimum Gasteiger partial charge on any atom is -0.492 e. The maximum atomic E-state index is 13.9. The topological polar surface area (TPSA) is 53.7 Å². The highest BCUT2D eigenvalue weighted by Crippen LogP contribution is 2.41. The minimum absolute atomic E-state index is 0.105. The molecular formula is C18H21FN4OS. The summed E-state index contributed by atoms with van der Waals surface area (Å²) in [6.07, 6.45) is 2.21. The minimum atomic E-state index is -0.261. The lowest BCUT2D eigenvalue weighted by molar-refractivity contribution is 0.157. The maximum absolute atomic E-state index is 13.9. The Balaban J connectivity index is 1.81. The van der Waals surface area contributed by atoms with E-state index in [0.717, 1.165) is 36.4 Å². The molecule has 0 bridgehead atoms. The summed E-state index contributed by atoms with van der Waals surface area (Å²) in [5.74, 6) is 1.17. The molecule has 0 aliphatic carbocycles. The Kier molecular flexibility index (Phi) is 4.21. The third-order valence-corrected chi connectivity index (χ3v) is 5.97. The third kappa shape index (κ3) is 3.02. The summed E-state index contributed by atoms with van der Waals surface area (Å²) < 4.78 is 15.3. The van der Waals surface area contributed by atoms with Crippen LogP contribution in [0.2, 0.25) is 0 Å². The summed E-state index contributed by atoms with van der Waals surface area (Å²) in [7, 11) is 0. The maximum Gasteiger partial charge on any atom is 0.230 e. The predicted molar refractivity (Wildman–Crippen MR) is 95.5 cm³/mol. The van der Waals surface area contributed by atoms with Crippen LogP contribution in [-0.2, 0) is 0 Å². The monoisotopic (exact) mass is 360 g/mol. The Morgan fingerprint density at radius 3 is 2.76 bits per heavy atom. The highest BCUT2D eigenvalue weighted by molar-refractivity contribution is 7.17. The van der Waals surface area contributed by atoms with Crippen molar-refractivity contribution in [3.63, 3.8) is 0 Å². The molecule has 1 saturated heterocycles. The fourth-order valence-corrected chi connectivity index (χ4v) is 4.68. The molecule has 3 aromatic rings. The van der Waals surface area contributed by atoms with Crippen molar-refractivity contribution in [1.29, 1.82) is 0 Å². The van der Waals surface area contributed by atoms with Gasteiger partial charge in [-0.15, -0.1) is 5.10 Å². The highest BCUT2D eigenvalue weighted by atomic mass is 32.1. The Morgan fingerprint density at radius 1 is 1.32 bits per heavy atom. The molecule has 132 valence electrons. The van der Waals surface area contributed by atoms with Crippen molar-refractivity contribution in [3.05, 3.63) is 46.3 Å². The van der Waals surface area contributed by atoms with E-state index in [-0.39, 0.29) is 17.7 Å². The van der Waals surface area contributed by atoms with Gasteiger partial charge < -0.3 is 5.11 Å². The molecule has 25 heavy (non-hydrogen) atoms. The van der Waals surface area contributed by atoms with Gasteiger partial charge in [0.2, 0.25) is 10.8 Å². The molecule has 0 unspecified atom stereocenters. The van der Waals surface area contributed by atoms with Crippen LogP contribution >= 0.6 is 11.3 Å². The first kappa shape index (κ1) is 16.5. The lowest BCUT2D eigenvalue weighted by atomic mass is 9.95. The van der Waals surface area contributed by atoms with E-state index in [9.17, 15) is 9.50 Å². The van der Waals surface area contributed by atoms with Gasteiger partial charge in [0.25, 0.3) is 0 Å². The van der Waals surface area contributed by atoms with Crippen molar-refractivity contribution in [2.24, 2.45) is 5.92 Å². The summed E-state index contributed by atoms with van der Waals surface area (Å²) in [6.45, 7) is 5.91. The van der Waals surface area contributed by atoms with Gasteiger partial charge in [-0.25, -0.2) is 9.37 Å². The summed E-state index contributed by atoms with van der Waals surface area (Å²) in [5, 5.41) is 15.0. The van der Waals surface area contributed by atoms with Gasteiger partial charge in [0.1, 0.15) is 11.6 Å². The van der Waals surface area contributed by atoms with Gasteiger partial charge in [-0.2, -0.15) is 4.52 Å². The number of aromatic nitrogens is 3. The zero-order chi connectivity index (χ0) is 17.6. The normalized spacial score (nSPS) is 18.0. The van der Waals surface area contributed by atoms with E-state index in [0.29, 0.717) is 16.7 Å². The number of fused-ring (bicyclic) bond motifs is 1. The van der Waals surface area contributed by atoms with Crippen molar-refractivity contribution in [3.8, 4) is 5.88 Å². The van der Waals surface area contributed by atoms with Gasteiger partial charge in [-0.05, 0) is 56.5 Å². The average Bonchev–Trinajstić information content (AvgIpc) is 3.08. The molecule has 7 heteroatoms. The van der Waals surface area contributed by atoms with Gasteiger partial charge in [-0.1, -0.05) is 30.4 Å². The van der Waals surface area contributed by atoms with Crippen LogP contribution in [0.5, 0.6) is 5.88 Å². The van der Waals surface area contributed by atoms with Gasteiger partial charge in [0.05, 0.1) is 10.9 Å². The SMILES string of the molecule is Cc1nc2sc([C@H](c3cccc(F)c3)N3CCC(C)CC3)c(O)n2n1. The van der Waals surface area contributed by atoms with E-state index in [1.807, 2.05) is 6.07 Å². The second-order valence-electron chi connectivity index (χ2n) is 6.82. The molecule has 1 N–H and O–H groups in total. The number of nitrogens with zero attached hydrogens (tertiary/aromatic N) is 4. The largest absolute Gasteiger partial charge is 0.492 e. The van der Waals surface area contributed by atoms with E-state index < -0.39 is 0 Å². The van der Waals surface area contributed by atoms with Crippen molar-refractivity contribution >= 4 is 16.3 Å². The van der Waals surface area contributed by atoms with E-state index >= 15 is 0 Å². The highest BCUT2D eigenvalue weighted by Gasteiger charge is 2.31. The number of hydrogen-bond donors (Lipinski definition) is 1. The van der Waals surface area contributed by atoms with Crippen LogP contribution < -0.4 is 0 Å². The molecule has 3 heterocycles. The van der Waals surface area contributed by atoms with Crippen LogP contribution in [0.1, 0.15) is 42.1 Å². The van der Waals surface area contributed by atoms with Crippen LogP contribution in [0, 0.1) is 18.7 Å². The quantitative estimate of drug-likeness (QED) is 0.773.